The van der Waals surface area contributed by atoms with Crippen molar-refractivity contribution in [3.05, 3.63) is 23.9 Å². The smallest absolute Gasteiger partial charge is 0.337 e. The average Bonchev–Trinajstić information content (AvgIpc) is 2.35. The molecule has 0 aliphatic heterocycles. The fourth-order valence-corrected chi connectivity index (χ4v) is 1.70. The topological polar surface area (TPSA) is 59.4 Å². The second-order valence-electron chi connectivity index (χ2n) is 4.47. The summed E-state index contributed by atoms with van der Waals surface area (Å²) < 4.78 is 5.63. The van der Waals surface area contributed by atoms with Crippen LogP contribution in [0, 0.1) is 0 Å². The summed E-state index contributed by atoms with van der Waals surface area (Å²) >= 11 is 0. The fourth-order valence-electron chi connectivity index (χ4n) is 1.70. The van der Waals surface area contributed by atoms with E-state index in [2.05, 4.69) is 11.9 Å². The molecule has 0 aromatic carbocycles. The molecule has 0 aliphatic rings. The predicted octanol–water partition coefficient (Wildman–Crippen LogP) is 3.52. The SMILES string of the molecule is CCCCCC[C@H](C)Oc1ccc(C(=O)O)cn1. The van der Waals surface area contributed by atoms with E-state index in [0.29, 0.717) is 5.88 Å². The highest BCUT2D eigenvalue weighted by Gasteiger charge is 2.07. The van der Waals surface area contributed by atoms with Gasteiger partial charge in [0.25, 0.3) is 0 Å². The maximum atomic E-state index is 10.7. The molecular weight excluding hydrogens is 230 g/mol. The molecule has 4 nitrogen and oxygen atoms in total. The van der Waals surface area contributed by atoms with Crippen LogP contribution in [0.1, 0.15) is 56.3 Å². The summed E-state index contributed by atoms with van der Waals surface area (Å²) in [6.45, 7) is 4.20. The van der Waals surface area contributed by atoms with Crippen LogP contribution in [-0.2, 0) is 0 Å². The number of carboxylic acids is 1. The van der Waals surface area contributed by atoms with Crippen LogP contribution in [0.4, 0.5) is 0 Å². The zero-order valence-corrected chi connectivity index (χ0v) is 11.1. The maximum Gasteiger partial charge on any atom is 0.337 e. The number of unbranched alkanes of at least 4 members (excludes halogenated alkanes) is 3. The molecule has 0 radical (unpaired) electrons. The van der Waals surface area contributed by atoms with E-state index >= 15 is 0 Å². The molecule has 1 atom stereocenters. The largest absolute Gasteiger partial charge is 0.478 e. The molecule has 18 heavy (non-hydrogen) atoms. The molecule has 1 N–H and O–H groups in total. The fraction of sp³-hybridized carbons (Fsp3) is 0.571. The van der Waals surface area contributed by atoms with E-state index < -0.39 is 5.97 Å². The van der Waals surface area contributed by atoms with Gasteiger partial charge in [0.1, 0.15) is 0 Å². The van der Waals surface area contributed by atoms with Crippen LogP contribution in [0.5, 0.6) is 5.88 Å². The van der Waals surface area contributed by atoms with E-state index in [-0.39, 0.29) is 11.7 Å². The summed E-state index contributed by atoms with van der Waals surface area (Å²) in [5, 5.41) is 8.74. The van der Waals surface area contributed by atoms with Crippen molar-refractivity contribution in [2.45, 2.75) is 52.1 Å². The molecule has 0 saturated heterocycles. The van der Waals surface area contributed by atoms with Gasteiger partial charge in [0.15, 0.2) is 0 Å². The predicted molar refractivity (Wildman–Crippen MR) is 70.0 cm³/mol. The summed E-state index contributed by atoms with van der Waals surface area (Å²) in [4.78, 5) is 14.6. The van der Waals surface area contributed by atoms with Crippen LogP contribution < -0.4 is 4.74 Å². The number of aromatic carboxylic acids is 1. The Kier molecular flexibility index (Phi) is 6.19. The third-order valence-electron chi connectivity index (χ3n) is 2.77. The summed E-state index contributed by atoms with van der Waals surface area (Å²) in [6.07, 6.45) is 7.32. The van der Waals surface area contributed by atoms with Crippen LogP contribution in [0.3, 0.4) is 0 Å². The molecule has 0 unspecified atom stereocenters. The Bertz CT molecular complexity index is 362. The molecule has 0 fully saturated rings. The highest BCUT2D eigenvalue weighted by atomic mass is 16.5. The lowest BCUT2D eigenvalue weighted by Gasteiger charge is -2.13. The Morgan fingerprint density at radius 3 is 2.72 bits per heavy atom. The van der Waals surface area contributed by atoms with Gasteiger partial charge in [0, 0.05) is 12.3 Å². The van der Waals surface area contributed by atoms with Crippen molar-refractivity contribution in [1.82, 2.24) is 4.98 Å². The quantitative estimate of drug-likeness (QED) is 0.718. The minimum absolute atomic E-state index is 0.116. The third-order valence-corrected chi connectivity index (χ3v) is 2.77. The molecule has 0 amide bonds. The summed E-state index contributed by atoms with van der Waals surface area (Å²) in [6, 6.07) is 3.11. The number of carboxylic acid groups (broad SMARTS) is 1. The number of nitrogens with zero attached hydrogens (tertiary/aromatic N) is 1. The molecule has 0 spiro atoms. The third kappa shape index (κ3) is 5.17. The van der Waals surface area contributed by atoms with Crippen LogP contribution in [0.2, 0.25) is 0 Å². The number of carbonyl (C=O) groups is 1. The van der Waals surface area contributed by atoms with Crippen LogP contribution >= 0.6 is 0 Å². The van der Waals surface area contributed by atoms with E-state index in [9.17, 15) is 4.79 Å². The number of ether oxygens (including phenoxy) is 1. The van der Waals surface area contributed by atoms with E-state index in [1.54, 1.807) is 6.07 Å². The van der Waals surface area contributed by atoms with Gasteiger partial charge in [-0.05, 0) is 25.8 Å². The Hall–Kier alpha value is -1.58. The molecule has 0 saturated carbocycles. The summed E-state index contributed by atoms with van der Waals surface area (Å²) in [5.41, 5.74) is 0.179. The highest BCUT2D eigenvalue weighted by molar-refractivity contribution is 5.87. The van der Waals surface area contributed by atoms with Crippen LogP contribution in [0.25, 0.3) is 0 Å². The number of pyridine rings is 1. The van der Waals surface area contributed by atoms with Gasteiger partial charge in [-0.15, -0.1) is 0 Å². The maximum absolute atomic E-state index is 10.7. The zero-order valence-electron chi connectivity index (χ0n) is 11.1. The van der Waals surface area contributed by atoms with Crippen molar-refractivity contribution < 1.29 is 14.6 Å². The van der Waals surface area contributed by atoms with Gasteiger partial charge >= 0.3 is 5.97 Å². The second-order valence-corrected chi connectivity index (χ2v) is 4.47. The molecule has 4 heteroatoms. The lowest BCUT2D eigenvalue weighted by Crippen LogP contribution is -2.12. The lowest BCUT2D eigenvalue weighted by molar-refractivity contribution is 0.0696. The Balaban J connectivity index is 2.35. The summed E-state index contributed by atoms with van der Waals surface area (Å²) in [7, 11) is 0. The van der Waals surface area contributed by atoms with Gasteiger partial charge in [0.2, 0.25) is 5.88 Å². The van der Waals surface area contributed by atoms with E-state index in [4.69, 9.17) is 9.84 Å². The minimum atomic E-state index is -0.971. The first-order chi connectivity index (χ1) is 8.63. The molecular formula is C14H21NO3. The van der Waals surface area contributed by atoms with Gasteiger partial charge < -0.3 is 9.84 Å². The number of rotatable bonds is 8. The van der Waals surface area contributed by atoms with E-state index in [1.807, 2.05) is 6.92 Å². The van der Waals surface area contributed by atoms with Crippen molar-refractivity contribution in [3.63, 3.8) is 0 Å². The molecule has 1 aromatic heterocycles. The van der Waals surface area contributed by atoms with Gasteiger partial charge in [-0.3, -0.25) is 0 Å². The second kappa shape index (κ2) is 7.69. The molecule has 1 heterocycles. The monoisotopic (exact) mass is 251 g/mol. The Labute approximate surface area is 108 Å². The minimum Gasteiger partial charge on any atom is -0.478 e. The zero-order chi connectivity index (χ0) is 13.4. The van der Waals surface area contributed by atoms with E-state index in [1.165, 1.54) is 31.5 Å². The lowest BCUT2D eigenvalue weighted by atomic mass is 10.1. The first kappa shape index (κ1) is 14.5. The van der Waals surface area contributed by atoms with Gasteiger partial charge in [0.05, 0.1) is 11.7 Å². The van der Waals surface area contributed by atoms with Gasteiger partial charge in [-0.2, -0.15) is 0 Å². The molecule has 100 valence electrons. The van der Waals surface area contributed by atoms with Crippen LogP contribution in [0.15, 0.2) is 18.3 Å². The highest BCUT2D eigenvalue weighted by Crippen LogP contribution is 2.13. The van der Waals surface area contributed by atoms with Gasteiger partial charge in [-0.25, -0.2) is 9.78 Å². The van der Waals surface area contributed by atoms with Crippen molar-refractivity contribution in [2.75, 3.05) is 0 Å². The average molecular weight is 251 g/mol. The number of aromatic nitrogens is 1. The van der Waals surface area contributed by atoms with Crippen molar-refractivity contribution in [3.8, 4) is 5.88 Å². The first-order valence-electron chi connectivity index (χ1n) is 6.49. The Morgan fingerprint density at radius 1 is 1.39 bits per heavy atom. The standard InChI is InChI=1S/C14H21NO3/c1-3-4-5-6-7-11(2)18-13-9-8-12(10-15-13)14(16)17/h8-11H,3-7H2,1-2H3,(H,16,17)/t11-/m0/s1. The molecule has 1 aromatic rings. The van der Waals surface area contributed by atoms with E-state index in [0.717, 1.165) is 12.8 Å². The van der Waals surface area contributed by atoms with Crippen molar-refractivity contribution in [2.24, 2.45) is 0 Å². The van der Waals surface area contributed by atoms with Crippen LogP contribution in [-0.4, -0.2) is 22.2 Å². The number of hydrogen-bond acceptors (Lipinski definition) is 3. The van der Waals surface area contributed by atoms with Gasteiger partial charge in [-0.1, -0.05) is 26.2 Å². The Morgan fingerprint density at radius 2 is 2.17 bits per heavy atom. The summed E-state index contributed by atoms with van der Waals surface area (Å²) in [5.74, 6) is -0.482. The first-order valence-corrected chi connectivity index (χ1v) is 6.49. The molecule has 1 rings (SSSR count). The normalized spacial score (nSPS) is 12.1. The van der Waals surface area contributed by atoms with Crippen molar-refractivity contribution >= 4 is 5.97 Å². The van der Waals surface area contributed by atoms with Crippen molar-refractivity contribution in [1.29, 1.82) is 0 Å². The molecule has 0 aliphatic carbocycles. The number of hydrogen-bond donors (Lipinski definition) is 1. The molecule has 0 bridgehead atoms.